The zero-order valence-corrected chi connectivity index (χ0v) is 14.1. The number of methoxy groups -OCH3 is 1. The largest absolute Gasteiger partial charge is 0.497 e. The molecule has 1 fully saturated rings. The van der Waals surface area contributed by atoms with Gasteiger partial charge in [0.2, 0.25) is 5.91 Å². The highest BCUT2D eigenvalue weighted by atomic mass is 16.5. The number of hydrogen-bond acceptors (Lipinski definition) is 4. The van der Waals surface area contributed by atoms with Crippen molar-refractivity contribution in [2.75, 3.05) is 33.8 Å². The van der Waals surface area contributed by atoms with Gasteiger partial charge in [-0.2, -0.15) is 0 Å². The van der Waals surface area contributed by atoms with Crippen LogP contribution in [0.3, 0.4) is 0 Å². The first-order chi connectivity index (χ1) is 11.6. The number of likely N-dealkylation sites (N-methyl/N-ethyl adjacent to an activating group) is 1. The maximum atomic E-state index is 13.0. The van der Waals surface area contributed by atoms with Gasteiger partial charge in [-0.05, 0) is 24.3 Å². The molecule has 128 valence electrons. The summed E-state index contributed by atoms with van der Waals surface area (Å²) in [7, 11) is 5.06. The van der Waals surface area contributed by atoms with E-state index in [0.29, 0.717) is 25.3 Å². The van der Waals surface area contributed by atoms with Crippen LogP contribution in [0.2, 0.25) is 0 Å². The first kappa shape index (κ1) is 16.3. The van der Waals surface area contributed by atoms with E-state index in [0.717, 1.165) is 16.7 Å². The summed E-state index contributed by atoms with van der Waals surface area (Å²) < 4.78 is 7.11. The van der Waals surface area contributed by atoms with Crippen molar-refractivity contribution in [2.24, 2.45) is 7.05 Å². The fraction of sp³-hybridized carbons (Fsp3) is 0.412. The number of hydrogen-bond donors (Lipinski definition) is 2. The van der Waals surface area contributed by atoms with Crippen LogP contribution in [-0.2, 0) is 11.8 Å². The Morgan fingerprint density at radius 3 is 2.83 bits per heavy atom. The lowest BCUT2D eigenvalue weighted by Crippen LogP contribution is -2.59. The normalized spacial score (nSPS) is 17.8. The van der Waals surface area contributed by atoms with Crippen LogP contribution in [0, 0.1) is 0 Å². The third-order valence-electron chi connectivity index (χ3n) is 4.52. The van der Waals surface area contributed by atoms with Gasteiger partial charge in [-0.3, -0.25) is 9.59 Å². The molecule has 0 aliphatic carbocycles. The van der Waals surface area contributed by atoms with Gasteiger partial charge in [0.25, 0.3) is 5.91 Å². The van der Waals surface area contributed by atoms with Crippen LogP contribution < -0.4 is 15.4 Å². The molecule has 1 aliphatic heterocycles. The van der Waals surface area contributed by atoms with Crippen molar-refractivity contribution in [3.05, 3.63) is 30.0 Å². The van der Waals surface area contributed by atoms with Gasteiger partial charge in [-0.25, -0.2) is 0 Å². The number of benzene rings is 1. The monoisotopic (exact) mass is 330 g/mol. The molecule has 1 aromatic heterocycles. The second-order valence-corrected chi connectivity index (χ2v) is 5.85. The molecule has 1 unspecified atom stereocenters. The third kappa shape index (κ3) is 2.71. The van der Waals surface area contributed by atoms with Crippen molar-refractivity contribution in [1.82, 2.24) is 20.1 Å². The number of carbonyl (C=O) groups is 2. The number of amides is 2. The zero-order chi connectivity index (χ0) is 17.3. The highest BCUT2D eigenvalue weighted by Gasteiger charge is 2.33. The van der Waals surface area contributed by atoms with Gasteiger partial charge in [0.05, 0.1) is 7.11 Å². The lowest BCUT2D eigenvalue weighted by Gasteiger charge is -2.34. The summed E-state index contributed by atoms with van der Waals surface area (Å²) in [5, 5.41) is 6.73. The summed E-state index contributed by atoms with van der Waals surface area (Å²) >= 11 is 0. The van der Waals surface area contributed by atoms with Crippen LogP contribution in [0.1, 0.15) is 10.5 Å². The lowest BCUT2D eigenvalue weighted by atomic mass is 10.1. The molecule has 1 aromatic carbocycles. The molecule has 7 heteroatoms. The fourth-order valence-electron chi connectivity index (χ4n) is 3.16. The number of ether oxygens (including phenoxy) is 1. The van der Waals surface area contributed by atoms with E-state index in [1.54, 1.807) is 19.1 Å². The van der Waals surface area contributed by atoms with E-state index in [-0.39, 0.29) is 11.8 Å². The summed E-state index contributed by atoms with van der Waals surface area (Å²) in [4.78, 5) is 26.8. The molecule has 0 saturated carbocycles. The summed E-state index contributed by atoms with van der Waals surface area (Å²) in [6.45, 7) is 1.64. The molecule has 2 N–H and O–H groups in total. The van der Waals surface area contributed by atoms with Crippen LogP contribution in [0.5, 0.6) is 5.75 Å². The highest BCUT2D eigenvalue weighted by Crippen LogP contribution is 2.25. The molecule has 2 amide bonds. The molecular formula is C17H22N4O3. The highest BCUT2D eigenvalue weighted by molar-refractivity contribution is 6.01. The number of nitrogens with one attached hydrogen (secondary N) is 2. The van der Waals surface area contributed by atoms with Crippen molar-refractivity contribution in [1.29, 1.82) is 0 Å². The Hall–Kier alpha value is -2.54. The maximum Gasteiger partial charge on any atom is 0.271 e. The van der Waals surface area contributed by atoms with Crippen LogP contribution >= 0.6 is 0 Å². The van der Waals surface area contributed by atoms with E-state index in [1.807, 2.05) is 35.9 Å². The Balaban J connectivity index is 1.97. The Kier molecular flexibility index (Phi) is 4.44. The van der Waals surface area contributed by atoms with E-state index in [2.05, 4.69) is 10.6 Å². The maximum absolute atomic E-state index is 13.0. The molecule has 7 nitrogen and oxygen atoms in total. The molecular weight excluding hydrogens is 308 g/mol. The first-order valence-electron chi connectivity index (χ1n) is 7.93. The molecule has 0 bridgehead atoms. The number of piperazine rings is 1. The van der Waals surface area contributed by atoms with Crippen molar-refractivity contribution in [3.8, 4) is 5.75 Å². The van der Waals surface area contributed by atoms with E-state index in [4.69, 9.17) is 4.74 Å². The smallest absolute Gasteiger partial charge is 0.271 e. The molecule has 3 rings (SSSR count). The predicted octanol–water partition coefficient (Wildman–Crippen LogP) is 0.347. The Bertz CT molecular complexity index is 783. The van der Waals surface area contributed by atoms with Gasteiger partial charge in [0.15, 0.2) is 0 Å². The van der Waals surface area contributed by atoms with Gasteiger partial charge < -0.3 is 24.8 Å². The summed E-state index contributed by atoms with van der Waals surface area (Å²) in [6, 6.07) is 7.06. The first-order valence-corrected chi connectivity index (χ1v) is 7.93. The molecule has 2 aromatic rings. The lowest BCUT2D eigenvalue weighted by molar-refractivity contribution is -0.125. The number of aryl methyl sites for hydroxylation is 1. The minimum atomic E-state index is -0.496. The molecule has 1 aliphatic rings. The van der Waals surface area contributed by atoms with Gasteiger partial charge in [-0.15, -0.1) is 0 Å². The minimum absolute atomic E-state index is 0.136. The Labute approximate surface area is 140 Å². The number of nitrogens with zero attached hydrogens (tertiary/aromatic N) is 2. The summed E-state index contributed by atoms with van der Waals surface area (Å²) in [5.41, 5.74) is 1.51. The molecule has 0 radical (unpaired) electrons. The van der Waals surface area contributed by atoms with E-state index in [9.17, 15) is 9.59 Å². The van der Waals surface area contributed by atoms with E-state index >= 15 is 0 Å². The van der Waals surface area contributed by atoms with Crippen molar-refractivity contribution >= 4 is 22.7 Å². The minimum Gasteiger partial charge on any atom is -0.497 e. The average molecular weight is 330 g/mol. The number of fused-ring (bicyclic) bond motifs is 1. The fourth-order valence-corrected chi connectivity index (χ4v) is 3.16. The number of aromatic nitrogens is 1. The van der Waals surface area contributed by atoms with E-state index < -0.39 is 6.04 Å². The predicted molar refractivity (Wildman–Crippen MR) is 91.2 cm³/mol. The van der Waals surface area contributed by atoms with Crippen LogP contribution in [0.4, 0.5) is 0 Å². The van der Waals surface area contributed by atoms with Gasteiger partial charge >= 0.3 is 0 Å². The molecule has 2 heterocycles. The molecule has 24 heavy (non-hydrogen) atoms. The van der Waals surface area contributed by atoms with Crippen LogP contribution in [-0.4, -0.2) is 61.1 Å². The summed E-state index contributed by atoms with van der Waals surface area (Å²) in [5.74, 6) is 0.455. The van der Waals surface area contributed by atoms with Crippen LogP contribution in [0.15, 0.2) is 24.3 Å². The van der Waals surface area contributed by atoms with Gasteiger partial charge in [0, 0.05) is 44.6 Å². The second-order valence-electron chi connectivity index (χ2n) is 5.85. The summed E-state index contributed by atoms with van der Waals surface area (Å²) in [6.07, 6.45) is 0. The molecule has 1 saturated heterocycles. The van der Waals surface area contributed by atoms with E-state index in [1.165, 1.54) is 0 Å². The topological polar surface area (TPSA) is 75.6 Å². The number of carbonyl (C=O) groups excluding carboxylic acids is 2. The zero-order valence-electron chi connectivity index (χ0n) is 14.1. The standard InChI is InChI=1S/C17H22N4O3/c1-18-16(22)15-10-19-6-7-21(15)17(23)14-9-11-8-12(24-3)4-5-13(11)20(14)2/h4-5,8-9,15,19H,6-7,10H2,1-3H3,(H,18,22). The molecule has 1 atom stereocenters. The van der Waals surface area contributed by atoms with Gasteiger partial charge in [-0.1, -0.05) is 0 Å². The van der Waals surface area contributed by atoms with Crippen molar-refractivity contribution in [3.63, 3.8) is 0 Å². The third-order valence-corrected chi connectivity index (χ3v) is 4.52. The van der Waals surface area contributed by atoms with Crippen LogP contribution in [0.25, 0.3) is 10.9 Å². The molecule has 0 spiro atoms. The quantitative estimate of drug-likeness (QED) is 0.851. The second kappa shape index (κ2) is 6.52. The number of rotatable bonds is 3. The van der Waals surface area contributed by atoms with Gasteiger partial charge in [0.1, 0.15) is 17.5 Å². The SMILES string of the molecule is CNC(=O)C1CNCCN1C(=O)c1cc2cc(OC)ccc2n1C. The Morgan fingerprint density at radius 1 is 1.33 bits per heavy atom. The van der Waals surface area contributed by atoms with Crippen molar-refractivity contribution < 1.29 is 14.3 Å². The average Bonchev–Trinajstić information content (AvgIpc) is 2.96. The van der Waals surface area contributed by atoms with Crippen molar-refractivity contribution in [2.45, 2.75) is 6.04 Å². The Morgan fingerprint density at radius 2 is 2.12 bits per heavy atom.